The number of hydrogen-bond donors (Lipinski definition) is 0. The molecule has 0 aliphatic heterocycles. The van der Waals surface area contributed by atoms with Crippen LogP contribution in [0.1, 0.15) is 31.2 Å². The molecular formula is C17H18F4O2. The summed E-state index contributed by atoms with van der Waals surface area (Å²) in [6, 6.07) is 2.81. The summed E-state index contributed by atoms with van der Waals surface area (Å²) in [5.41, 5.74) is 0.167. The minimum absolute atomic E-state index is 0.167. The first kappa shape index (κ1) is 16.1. The Hall–Kier alpha value is -1.72. The third-order valence-corrected chi connectivity index (χ3v) is 3.90. The summed E-state index contributed by atoms with van der Waals surface area (Å²) in [7, 11) is 0. The summed E-state index contributed by atoms with van der Waals surface area (Å²) >= 11 is 0. The van der Waals surface area contributed by atoms with Gasteiger partial charge in [-0.15, -0.1) is 13.2 Å². The maximum atomic E-state index is 14.4. The molecule has 0 amide bonds. The van der Waals surface area contributed by atoms with E-state index in [9.17, 15) is 17.6 Å². The van der Waals surface area contributed by atoms with Crippen LogP contribution in [0.25, 0.3) is 0 Å². The molecule has 6 heteroatoms. The van der Waals surface area contributed by atoms with E-state index in [1.807, 2.05) is 6.08 Å². The largest absolute Gasteiger partial charge is 0.573 e. The lowest BCUT2D eigenvalue weighted by Crippen LogP contribution is -2.19. The smallest absolute Gasteiger partial charge is 0.489 e. The Morgan fingerprint density at radius 3 is 2.48 bits per heavy atom. The van der Waals surface area contributed by atoms with Gasteiger partial charge in [0.25, 0.3) is 0 Å². The van der Waals surface area contributed by atoms with Crippen molar-refractivity contribution < 1.29 is 27.0 Å². The molecule has 0 bridgehead atoms. The van der Waals surface area contributed by atoms with Gasteiger partial charge in [-0.2, -0.15) is 0 Å². The Kier molecular flexibility index (Phi) is 4.50. The quantitative estimate of drug-likeness (QED) is 0.516. The molecule has 0 unspecified atom stereocenters. The molecular weight excluding hydrogens is 312 g/mol. The van der Waals surface area contributed by atoms with E-state index in [1.54, 1.807) is 6.08 Å². The van der Waals surface area contributed by atoms with Crippen molar-refractivity contribution >= 4 is 0 Å². The van der Waals surface area contributed by atoms with E-state index in [0.717, 1.165) is 25.7 Å². The summed E-state index contributed by atoms with van der Waals surface area (Å²) in [6.45, 7) is 0.286. The first-order valence-corrected chi connectivity index (χ1v) is 7.79. The fourth-order valence-electron chi connectivity index (χ4n) is 2.23. The van der Waals surface area contributed by atoms with Crippen LogP contribution in [0, 0.1) is 17.7 Å². The summed E-state index contributed by atoms with van der Waals surface area (Å²) in [5.74, 6) is -1.18. The topological polar surface area (TPSA) is 18.5 Å². The summed E-state index contributed by atoms with van der Waals surface area (Å²) in [4.78, 5) is 0. The SMILES string of the molecule is Fc1c(C/C=C/C2CC2)ccc(OCC2CC2)c1OC(F)(F)F. The average molecular weight is 330 g/mol. The molecule has 126 valence electrons. The van der Waals surface area contributed by atoms with E-state index in [4.69, 9.17) is 4.74 Å². The van der Waals surface area contributed by atoms with Crippen molar-refractivity contribution in [2.45, 2.75) is 38.5 Å². The van der Waals surface area contributed by atoms with Gasteiger partial charge >= 0.3 is 6.36 Å². The maximum absolute atomic E-state index is 14.4. The number of benzene rings is 1. The maximum Gasteiger partial charge on any atom is 0.573 e. The lowest BCUT2D eigenvalue weighted by molar-refractivity contribution is -0.276. The third kappa shape index (κ3) is 4.88. The second-order valence-electron chi connectivity index (χ2n) is 6.14. The zero-order valence-electron chi connectivity index (χ0n) is 12.5. The highest BCUT2D eigenvalue weighted by molar-refractivity contribution is 5.45. The molecule has 3 rings (SSSR count). The lowest BCUT2D eigenvalue weighted by Gasteiger charge is -2.16. The number of hydrogen-bond acceptors (Lipinski definition) is 2. The van der Waals surface area contributed by atoms with Crippen LogP contribution in [-0.4, -0.2) is 13.0 Å². The summed E-state index contributed by atoms with van der Waals surface area (Å²) in [6.07, 6.45) is 3.26. The fourth-order valence-corrected chi connectivity index (χ4v) is 2.23. The Labute approximate surface area is 132 Å². The monoisotopic (exact) mass is 330 g/mol. The summed E-state index contributed by atoms with van der Waals surface area (Å²) < 4.78 is 61.2. The molecule has 0 atom stereocenters. The van der Waals surface area contributed by atoms with Gasteiger partial charge in [0, 0.05) is 0 Å². The molecule has 2 fully saturated rings. The first-order chi connectivity index (χ1) is 10.9. The third-order valence-electron chi connectivity index (χ3n) is 3.90. The average Bonchev–Trinajstić information content (AvgIpc) is 3.34. The van der Waals surface area contributed by atoms with Crippen LogP contribution in [0.3, 0.4) is 0 Å². The van der Waals surface area contributed by atoms with E-state index in [1.165, 1.54) is 12.1 Å². The van der Waals surface area contributed by atoms with Gasteiger partial charge in [-0.05, 0) is 55.6 Å². The van der Waals surface area contributed by atoms with Gasteiger partial charge in [0.1, 0.15) is 0 Å². The number of allylic oxidation sites excluding steroid dienone is 2. The molecule has 2 saturated carbocycles. The predicted octanol–water partition coefficient (Wildman–Crippen LogP) is 5.02. The van der Waals surface area contributed by atoms with E-state index in [-0.39, 0.29) is 24.3 Å². The van der Waals surface area contributed by atoms with Gasteiger partial charge in [-0.1, -0.05) is 18.2 Å². The molecule has 0 heterocycles. The molecule has 0 N–H and O–H groups in total. The highest BCUT2D eigenvalue weighted by Crippen LogP contribution is 2.38. The first-order valence-electron chi connectivity index (χ1n) is 7.79. The fraction of sp³-hybridized carbons (Fsp3) is 0.529. The number of ether oxygens (including phenoxy) is 2. The van der Waals surface area contributed by atoms with Crippen LogP contribution in [0.15, 0.2) is 24.3 Å². The highest BCUT2D eigenvalue weighted by Gasteiger charge is 2.35. The molecule has 1 aromatic carbocycles. The van der Waals surface area contributed by atoms with Crippen LogP contribution in [0.4, 0.5) is 17.6 Å². The number of alkyl halides is 3. The van der Waals surface area contributed by atoms with Gasteiger partial charge in [0.15, 0.2) is 11.6 Å². The van der Waals surface area contributed by atoms with Crippen LogP contribution in [0.5, 0.6) is 11.5 Å². The molecule has 1 aromatic rings. The van der Waals surface area contributed by atoms with Crippen LogP contribution < -0.4 is 9.47 Å². The van der Waals surface area contributed by atoms with Crippen LogP contribution >= 0.6 is 0 Å². The normalized spacial score (nSPS) is 18.4. The van der Waals surface area contributed by atoms with Crippen molar-refractivity contribution in [2.24, 2.45) is 11.8 Å². The Bertz CT molecular complexity index is 587. The molecule has 0 aromatic heterocycles. The van der Waals surface area contributed by atoms with Crippen molar-refractivity contribution in [2.75, 3.05) is 6.61 Å². The van der Waals surface area contributed by atoms with Gasteiger partial charge < -0.3 is 9.47 Å². The molecule has 2 nitrogen and oxygen atoms in total. The number of halogens is 4. The summed E-state index contributed by atoms with van der Waals surface area (Å²) in [5, 5.41) is 0. The molecule has 2 aliphatic rings. The second-order valence-corrected chi connectivity index (χ2v) is 6.14. The minimum atomic E-state index is -4.96. The second kappa shape index (κ2) is 6.42. The van der Waals surface area contributed by atoms with E-state index in [2.05, 4.69) is 4.74 Å². The molecule has 0 radical (unpaired) electrons. The highest BCUT2D eigenvalue weighted by atomic mass is 19.4. The van der Waals surface area contributed by atoms with Crippen molar-refractivity contribution in [1.29, 1.82) is 0 Å². The van der Waals surface area contributed by atoms with E-state index >= 15 is 0 Å². The zero-order chi connectivity index (χ0) is 16.4. The lowest BCUT2D eigenvalue weighted by atomic mass is 10.1. The molecule has 0 spiro atoms. The van der Waals surface area contributed by atoms with Gasteiger partial charge in [0.05, 0.1) is 6.61 Å². The van der Waals surface area contributed by atoms with Crippen molar-refractivity contribution in [3.8, 4) is 11.5 Å². The van der Waals surface area contributed by atoms with Crippen LogP contribution in [-0.2, 0) is 6.42 Å². The van der Waals surface area contributed by atoms with Crippen molar-refractivity contribution in [3.63, 3.8) is 0 Å². The van der Waals surface area contributed by atoms with Crippen LogP contribution in [0.2, 0.25) is 0 Å². The molecule has 23 heavy (non-hydrogen) atoms. The predicted molar refractivity (Wildman–Crippen MR) is 76.9 cm³/mol. The number of rotatable bonds is 7. The minimum Gasteiger partial charge on any atom is -0.489 e. The molecule has 2 aliphatic carbocycles. The standard InChI is InChI=1S/C17H18F4O2/c18-15-13(3-1-2-11-4-5-11)8-9-14(22-10-12-6-7-12)16(15)23-17(19,20)21/h1-2,8-9,11-12H,3-7,10H2/b2-1+. The van der Waals surface area contributed by atoms with E-state index in [0.29, 0.717) is 11.8 Å². The van der Waals surface area contributed by atoms with E-state index < -0.39 is 17.9 Å². The van der Waals surface area contributed by atoms with Crippen molar-refractivity contribution in [3.05, 3.63) is 35.7 Å². The van der Waals surface area contributed by atoms with Gasteiger partial charge in [0.2, 0.25) is 5.75 Å². The Balaban J connectivity index is 1.78. The zero-order valence-corrected chi connectivity index (χ0v) is 12.5. The molecule has 0 saturated heterocycles. The Morgan fingerprint density at radius 1 is 1.13 bits per heavy atom. The van der Waals surface area contributed by atoms with Gasteiger partial charge in [-0.25, -0.2) is 4.39 Å². The Morgan fingerprint density at radius 2 is 1.87 bits per heavy atom. The van der Waals surface area contributed by atoms with Gasteiger partial charge in [-0.3, -0.25) is 0 Å². The van der Waals surface area contributed by atoms with Crippen molar-refractivity contribution in [1.82, 2.24) is 0 Å².